The fourth-order valence-electron chi connectivity index (χ4n) is 2.53. The molecule has 0 aliphatic heterocycles. The maximum atomic E-state index is 12.2. The lowest BCUT2D eigenvalue weighted by atomic mass is 10.1. The van der Waals surface area contributed by atoms with Crippen molar-refractivity contribution in [1.82, 2.24) is 4.57 Å². The van der Waals surface area contributed by atoms with E-state index in [2.05, 4.69) is 5.32 Å². The van der Waals surface area contributed by atoms with Gasteiger partial charge in [0, 0.05) is 17.1 Å². The molecule has 0 aliphatic rings. The van der Waals surface area contributed by atoms with Crippen LogP contribution < -0.4 is 10.9 Å². The number of aromatic nitrogens is 1. The molecule has 1 heterocycles. The van der Waals surface area contributed by atoms with Gasteiger partial charge in [-0.1, -0.05) is 36.4 Å². The molecule has 0 spiro atoms. The second kappa shape index (κ2) is 5.85. The van der Waals surface area contributed by atoms with Crippen LogP contribution in [0.1, 0.15) is 5.56 Å². The van der Waals surface area contributed by atoms with Crippen LogP contribution in [-0.2, 0) is 11.3 Å². The molecule has 2 aromatic carbocycles. The molecule has 3 aromatic rings. The molecule has 0 saturated heterocycles. The predicted octanol–water partition coefficient (Wildman–Crippen LogP) is 2.95. The summed E-state index contributed by atoms with van der Waals surface area (Å²) in [5, 5.41) is 3.78. The van der Waals surface area contributed by atoms with Gasteiger partial charge >= 0.3 is 0 Å². The molecule has 0 atom stereocenters. The van der Waals surface area contributed by atoms with Gasteiger partial charge in [0.25, 0.3) is 5.56 Å². The molecule has 0 bridgehead atoms. The molecule has 4 nitrogen and oxygen atoms in total. The Labute approximate surface area is 128 Å². The van der Waals surface area contributed by atoms with Crippen molar-refractivity contribution in [1.29, 1.82) is 0 Å². The number of hydrogen-bond acceptors (Lipinski definition) is 2. The zero-order valence-corrected chi connectivity index (χ0v) is 12.2. The first-order chi connectivity index (χ1) is 10.6. The fraction of sp³-hybridized carbons (Fsp3) is 0.111. The van der Waals surface area contributed by atoms with Gasteiger partial charge in [0.2, 0.25) is 5.91 Å². The Hall–Kier alpha value is -2.88. The summed E-state index contributed by atoms with van der Waals surface area (Å²) in [6.45, 7) is 1.90. The minimum atomic E-state index is -0.220. The number of para-hydroxylation sites is 2. The summed E-state index contributed by atoms with van der Waals surface area (Å²) in [7, 11) is 0. The van der Waals surface area contributed by atoms with Crippen LogP contribution in [0.4, 0.5) is 5.69 Å². The Morgan fingerprint density at radius 3 is 2.50 bits per heavy atom. The molecule has 0 aliphatic carbocycles. The van der Waals surface area contributed by atoms with E-state index in [9.17, 15) is 9.59 Å². The van der Waals surface area contributed by atoms with Crippen LogP contribution in [0, 0.1) is 6.92 Å². The second-order valence-electron chi connectivity index (χ2n) is 5.18. The van der Waals surface area contributed by atoms with E-state index in [0.717, 1.165) is 22.2 Å². The van der Waals surface area contributed by atoms with Crippen molar-refractivity contribution in [3.05, 3.63) is 76.6 Å². The third-order valence-corrected chi connectivity index (χ3v) is 3.58. The van der Waals surface area contributed by atoms with E-state index < -0.39 is 0 Å². The topological polar surface area (TPSA) is 51.1 Å². The molecule has 0 radical (unpaired) electrons. The van der Waals surface area contributed by atoms with E-state index >= 15 is 0 Å². The normalized spacial score (nSPS) is 10.6. The molecule has 0 fully saturated rings. The average molecular weight is 292 g/mol. The van der Waals surface area contributed by atoms with Crippen LogP contribution in [-0.4, -0.2) is 10.5 Å². The highest BCUT2D eigenvalue weighted by Gasteiger charge is 2.10. The molecular formula is C18H16N2O2. The number of nitrogens with zero attached hydrogens (tertiary/aromatic N) is 1. The van der Waals surface area contributed by atoms with Crippen molar-refractivity contribution in [2.45, 2.75) is 13.5 Å². The lowest BCUT2D eigenvalue weighted by molar-refractivity contribution is -0.116. The van der Waals surface area contributed by atoms with Crippen LogP contribution in [0.15, 0.2) is 65.5 Å². The number of carbonyl (C=O) groups is 1. The molecule has 22 heavy (non-hydrogen) atoms. The van der Waals surface area contributed by atoms with E-state index in [-0.39, 0.29) is 18.0 Å². The van der Waals surface area contributed by atoms with E-state index in [1.165, 1.54) is 4.57 Å². The van der Waals surface area contributed by atoms with Gasteiger partial charge in [0.05, 0.1) is 5.52 Å². The molecule has 1 amide bonds. The molecule has 0 saturated carbocycles. The number of fused-ring (bicyclic) bond motifs is 1. The summed E-state index contributed by atoms with van der Waals surface area (Å²) in [5.74, 6) is -0.220. The van der Waals surface area contributed by atoms with Crippen molar-refractivity contribution in [3.8, 4) is 0 Å². The number of carbonyl (C=O) groups excluding carboxylic acids is 1. The summed E-state index contributed by atoms with van der Waals surface area (Å²) in [6.07, 6.45) is 0. The van der Waals surface area contributed by atoms with E-state index in [4.69, 9.17) is 0 Å². The number of rotatable bonds is 3. The van der Waals surface area contributed by atoms with Crippen molar-refractivity contribution in [2.24, 2.45) is 0 Å². The van der Waals surface area contributed by atoms with Gasteiger partial charge in [0.1, 0.15) is 6.54 Å². The smallest absolute Gasteiger partial charge is 0.251 e. The number of nitrogens with one attached hydrogen (secondary N) is 1. The molecule has 4 heteroatoms. The van der Waals surface area contributed by atoms with Gasteiger partial charge in [0.15, 0.2) is 0 Å². The SMILES string of the molecule is Cc1cc(=O)n(CC(=O)Nc2ccccc2)c2ccccc12. The summed E-state index contributed by atoms with van der Waals surface area (Å²) < 4.78 is 1.50. The van der Waals surface area contributed by atoms with Gasteiger partial charge in [-0.25, -0.2) is 0 Å². The Morgan fingerprint density at radius 1 is 1.05 bits per heavy atom. The van der Waals surface area contributed by atoms with Crippen LogP contribution in [0.2, 0.25) is 0 Å². The third kappa shape index (κ3) is 2.76. The van der Waals surface area contributed by atoms with Gasteiger partial charge in [-0.15, -0.1) is 0 Å². The van der Waals surface area contributed by atoms with Crippen LogP contribution >= 0.6 is 0 Å². The highest BCUT2D eigenvalue weighted by Crippen LogP contribution is 2.16. The molecule has 3 rings (SSSR count). The number of benzene rings is 2. The highest BCUT2D eigenvalue weighted by molar-refractivity contribution is 5.92. The summed E-state index contributed by atoms with van der Waals surface area (Å²) in [4.78, 5) is 24.4. The van der Waals surface area contributed by atoms with Crippen molar-refractivity contribution >= 4 is 22.5 Å². The third-order valence-electron chi connectivity index (χ3n) is 3.58. The van der Waals surface area contributed by atoms with Crippen LogP contribution in [0.3, 0.4) is 0 Å². The van der Waals surface area contributed by atoms with Gasteiger partial charge in [-0.3, -0.25) is 14.2 Å². The number of aryl methyl sites for hydroxylation is 1. The average Bonchev–Trinajstić information content (AvgIpc) is 2.52. The number of pyridine rings is 1. The Morgan fingerprint density at radius 2 is 1.73 bits per heavy atom. The summed E-state index contributed by atoms with van der Waals surface area (Å²) in [5.41, 5.74) is 2.24. The first-order valence-corrected chi connectivity index (χ1v) is 7.09. The quantitative estimate of drug-likeness (QED) is 0.807. The Bertz CT molecular complexity index is 882. The van der Waals surface area contributed by atoms with E-state index in [1.54, 1.807) is 6.07 Å². The number of hydrogen-bond donors (Lipinski definition) is 1. The maximum absolute atomic E-state index is 12.2. The lowest BCUT2D eigenvalue weighted by Gasteiger charge is -2.12. The molecular weight excluding hydrogens is 276 g/mol. The fourth-order valence-corrected chi connectivity index (χ4v) is 2.53. The highest BCUT2D eigenvalue weighted by atomic mass is 16.2. The number of amides is 1. The van der Waals surface area contributed by atoms with Crippen molar-refractivity contribution < 1.29 is 4.79 Å². The first kappa shape index (κ1) is 14.1. The minimum absolute atomic E-state index is 0.00544. The summed E-state index contributed by atoms with van der Waals surface area (Å²) >= 11 is 0. The zero-order valence-electron chi connectivity index (χ0n) is 12.2. The van der Waals surface area contributed by atoms with Crippen LogP contribution in [0.5, 0.6) is 0 Å². The minimum Gasteiger partial charge on any atom is -0.325 e. The van der Waals surface area contributed by atoms with Gasteiger partial charge < -0.3 is 5.32 Å². The number of anilines is 1. The Kier molecular flexibility index (Phi) is 3.74. The maximum Gasteiger partial charge on any atom is 0.251 e. The first-order valence-electron chi connectivity index (χ1n) is 7.09. The van der Waals surface area contributed by atoms with Crippen molar-refractivity contribution in [2.75, 3.05) is 5.32 Å². The second-order valence-corrected chi connectivity index (χ2v) is 5.18. The summed E-state index contributed by atoms with van der Waals surface area (Å²) in [6, 6.07) is 18.4. The van der Waals surface area contributed by atoms with Crippen molar-refractivity contribution in [3.63, 3.8) is 0 Å². The molecule has 1 N–H and O–H groups in total. The van der Waals surface area contributed by atoms with Gasteiger partial charge in [-0.05, 0) is 30.7 Å². The van der Waals surface area contributed by atoms with Crippen LogP contribution in [0.25, 0.3) is 10.9 Å². The van der Waals surface area contributed by atoms with E-state index in [1.807, 2.05) is 61.5 Å². The standard InChI is InChI=1S/C18H16N2O2/c1-13-11-18(22)20(16-10-6-5-9-15(13)16)12-17(21)19-14-7-3-2-4-8-14/h2-11H,12H2,1H3,(H,19,21). The lowest BCUT2D eigenvalue weighted by Crippen LogP contribution is -2.27. The monoisotopic (exact) mass is 292 g/mol. The predicted molar refractivity (Wildman–Crippen MR) is 88.0 cm³/mol. The van der Waals surface area contributed by atoms with Gasteiger partial charge in [-0.2, -0.15) is 0 Å². The molecule has 1 aromatic heterocycles. The molecule has 0 unspecified atom stereocenters. The Balaban J connectivity index is 1.94. The zero-order chi connectivity index (χ0) is 15.5. The van der Waals surface area contributed by atoms with E-state index in [0.29, 0.717) is 0 Å². The molecule has 110 valence electrons. The largest absolute Gasteiger partial charge is 0.325 e.